The Morgan fingerprint density at radius 2 is 1.65 bits per heavy atom. The first kappa shape index (κ1) is 18.4. The van der Waals surface area contributed by atoms with Crippen LogP contribution in [-0.4, -0.2) is 39.5 Å². The SMILES string of the molecule is Cc1ccc(S(C)(=O)=O)cc1S(=O)(=O)N(C1CC1)C(C)C(C)C. The summed E-state index contributed by atoms with van der Waals surface area (Å²) >= 11 is 0. The fourth-order valence-corrected chi connectivity index (χ4v) is 5.56. The van der Waals surface area contributed by atoms with Gasteiger partial charge in [-0.2, -0.15) is 4.31 Å². The smallest absolute Gasteiger partial charge is 0.224 e. The van der Waals surface area contributed by atoms with Gasteiger partial charge in [0.15, 0.2) is 9.84 Å². The van der Waals surface area contributed by atoms with E-state index in [1.54, 1.807) is 17.3 Å². The Morgan fingerprint density at radius 3 is 2.09 bits per heavy atom. The van der Waals surface area contributed by atoms with E-state index < -0.39 is 19.9 Å². The van der Waals surface area contributed by atoms with Crippen LogP contribution in [0.25, 0.3) is 0 Å². The van der Waals surface area contributed by atoms with Gasteiger partial charge in [-0.1, -0.05) is 19.9 Å². The van der Waals surface area contributed by atoms with Gasteiger partial charge < -0.3 is 0 Å². The van der Waals surface area contributed by atoms with Gasteiger partial charge in [0.2, 0.25) is 10.0 Å². The third-order valence-corrected chi connectivity index (χ3v) is 7.71. The molecule has 1 aromatic rings. The van der Waals surface area contributed by atoms with E-state index in [0.717, 1.165) is 19.1 Å². The van der Waals surface area contributed by atoms with Gasteiger partial charge in [0, 0.05) is 18.3 Å². The minimum Gasteiger partial charge on any atom is -0.224 e. The molecule has 0 amide bonds. The van der Waals surface area contributed by atoms with Crippen LogP contribution in [0.4, 0.5) is 0 Å². The van der Waals surface area contributed by atoms with Gasteiger partial charge in [-0.25, -0.2) is 16.8 Å². The zero-order valence-corrected chi connectivity index (χ0v) is 15.9. The minimum atomic E-state index is -3.73. The van der Waals surface area contributed by atoms with Crippen LogP contribution in [0.5, 0.6) is 0 Å². The lowest BCUT2D eigenvalue weighted by molar-refractivity contribution is 0.269. The summed E-state index contributed by atoms with van der Waals surface area (Å²) in [4.78, 5) is 0.134. The normalized spacial score (nSPS) is 17.7. The van der Waals surface area contributed by atoms with Crippen molar-refractivity contribution in [2.75, 3.05) is 6.26 Å². The molecule has 0 bridgehead atoms. The first-order valence-corrected chi connectivity index (χ1v) is 11.1. The van der Waals surface area contributed by atoms with Crippen molar-refractivity contribution in [2.45, 2.75) is 62.4 Å². The van der Waals surface area contributed by atoms with Crippen LogP contribution in [0.2, 0.25) is 0 Å². The predicted octanol–water partition coefficient (Wildman–Crippen LogP) is 2.60. The molecule has 0 N–H and O–H groups in total. The summed E-state index contributed by atoms with van der Waals surface area (Å²) in [6, 6.07) is 4.21. The van der Waals surface area contributed by atoms with Crippen molar-refractivity contribution < 1.29 is 16.8 Å². The van der Waals surface area contributed by atoms with Crippen molar-refractivity contribution >= 4 is 19.9 Å². The Bertz CT molecular complexity index is 793. The molecule has 1 aromatic carbocycles. The molecule has 7 heteroatoms. The van der Waals surface area contributed by atoms with Crippen LogP contribution in [0, 0.1) is 12.8 Å². The van der Waals surface area contributed by atoms with Gasteiger partial charge in [0.25, 0.3) is 0 Å². The molecule has 1 saturated carbocycles. The van der Waals surface area contributed by atoms with Crippen LogP contribution in [0.15, 0.2) is 28.0 Å². The van der Waals surface area contributed by atoms with Crippen LogP contribution < -0.4 is 0 Å². The molecular weight excluding hydrogens is 334 g/mol. The van der Waals surface area contributed by atoms with Crippen molar-refractivity contribution in [3.05, 3.63) is 23.8 Å². The first-order chi connectivity index (χ1) is 10.5. The predicted molar refractivity (Wildman–Crippen MR) is 90.6 cm³/mol. The topological polar surface area (TPSA) is 71.5 Å². The molecule has 1 aliphatic carbocycles. The van der Waals surface area contributed by atoms with Crippen molar-refractivity contribution in [3.8, 4) is 0 Å². The van der Waals surface area contributed by atoms with Gasteiger partial charge in [0.1, 0.15) is 0 Å². The molecular formula is C16H25NO4S2. The van der Waals surface area contributed by atoms with Crippen molar-refractivity contribution in [3.63, 3.8) is 0 Å². The quantitative estimate of drug-likeness (QED) is 0.783. The van der Waals surface area contributed by atoms with Gasteiger partial charge in [-0.15, -0.1) is 0 Å². The molecule has 130 valence electrons. The third-order valence-electron chi connectivity index (χ3n) is 4.42. The van der Waals surface area contributed by atoms with Gasteiger partial charge in [0.05, 0.1) is 9.79 Å². The third kappa shape index (κ3) is 3.78. The second kappa shape index (κ2) is 6.18. The number of hydrogen-bond donors (Lipinski definition) is 0. The maximum absolute atomic E-state index is 13.2. The molecule has 0 radical (unpaired) electrons. The lowest BCUT2D eigenvalue weighted by Gasteiger charge is -2.31. The number of aryl methyl sites for hydroxylation is 1. The molecule has 0 spiro atoms. The van der Waals surface area contributed by atoms with Gasteiger partial charge in [-0.3, -0.25) is 0 Å². The lowest BCUT2D eigenvalue weighted by atomic mass is 10.1. The monoisotopic (exact) mass is 359 g/mol. The Hall–Kier alpha value is -0.920. The second-order valence-electron chi connectivity index (χ2n) is 6.75. The molecule has 0 aromatic heterocycles. The summed E-state index contributed by atoms with van der Waals surface area (Å²) in [7, 11) is -7.18. The summed E-state index contributed by atoms with van der Waals surface area (Å²) < 4.78 is 51.5. The summed E-state index contributed by atoms with van der Waals surface area (Å²) in [5.41, 5.74) is 0.569. The molecule has 23 heavy (non-hydrogen) atoms. The van der Waals surface area contributed by atoms with Crippen LogP contribution in [0.3, 0.4) is 0 Å². The second-order valence-corrected chi connectivity index (χ2v) is 10.6. The summed E-state index contributed by atoms with van der Waals surface area (Å²) in [6.45, 7) is 7.60. The number of nitrogens with zero attached hydrogens (tertiary/aromatic N) is 1. The zero-order chi connectivity index (χ0) is 17.6. The highest BCUT2D eigenvalue weighted by Gasteiger charge is 2.42. The van der Waals surface area contributed by atoms with Crippen LogP contribution in [-0.2, 0) is 19.9 Å². The summed E-state index contributed by atoms with van der Waals surface area (Å²) in [5, 5.41) is 0. The number of rotatable bonds is 6. The fourth-order valence-electron chi connectivity index (χ4n) is 2.57. The molecule has 0 saturated heterocycles. The largest absolute Gasteiger partial charge is 0.243 e. The highest BCUT2D eigenvalue weighted by Crippen LogP contribution is 2.36. The Kier molecular flexibility index (Phi) is 4.95. The average molecular weight is 360 g/mol. The maximum Gasteiger partial charge on any atom is 0.243 e. The van der Waals surface area contributed by atoms with E-state index in [0.29, 0.717) is 5.56 Å². The molecule has 0 heterocycles. The highest BCUT2D eigenvalue weighted by atomic mass is 32.2. The van der Waals surface area contributed by atoms with Gasteiger partial charge >= 0.3 is 0 Å². The minimum absolute atomic E-state index is 0.0266. The standard InChI is InChI=1S/C16H25NO4S2/c1-11(2)13(4)17(14-7-8-14)23(20,21)16-10-15(22(5,18)19)9-6-12(16)3/h6,9-11,13-14H,7-8H2,1-5H3. The lowest BCUT2D eigenvalue weighted by Crippen LogP contribution is -2.43. The molecule has 2 rings (SSSR count). The van der Waals surface area contributed by atoms with Gasteiger partial charge in [-0.05, 0) is 50.3 Å². The number of sulfonamides is 1. The van der Waals surface area contributed by atoms with Crippen LogP contribution >= 0.6 is 0 Å². The molecule has 0 aliphatic heterocycles. The molecule has 1 unspecified atom stereocenters. The van der Waals surface area contributed by atoms with E-state index >= 15 is 0 Å². The molecule has 1 aliphatic rings. The van der Waals surface area contributed by atoms with E-state index in [4.69, 9.17) is 0 Å². The summed E-state index contributed by atoms with van der Waals surface area (Å²) in [5.74, 6) is 0.184. The molecule has 1 fully saturated rings. The fraction of sp³-hybridized carbons (Fsp3) is 0.625. The van der Waals surface area contributed by atoms with Crippen molar-refractivity contribution in [2.24, 2.45) is 5.92 Å². The van der Waals surface area contributed by atoms with E-state index in [1.807, 2.05) is 20.8 Å². The molecule has 1 atom stereocenters. The van der Waals surface area contributed by atoms with E-state index in [-0.39, 0.29) is 27.8 Å². The van der Waals surface area contributed by atoms with Crippen LogP contribution in [0.1, 0.15) is 39.2 Å². The number of benzene rings is 1. The number of sulfone groups is 1. The first-order valence-electron chi connectivity index (χ1n) is 7.80. The summed E-state index contributed by atoms with van der Waals surface area (Å²) in [6.07, 6.45) is 2.81. The Morgan fingerprint density at radius 1 is 1.09 bits per heavy atom. The Balaban J connectivity index is 2.58. The van der Waals surface area contributed by atoms with E-state index in [2.05, 4.69) is 0 Å². The van der Waals surface area contributed by atoms with E-state index in [1.165, 1.54) is 12.1 Å². The Labute approximate surface area is 139 Å². The zero-order valence-electron chi connectivity index (χ0n) is 14.3. The van der Waals surface area contributed by atoms with E-state index in [9.17, 15) is 16.8 Å². The average Bonchev–Trinajstić information content (AvgIpc) is 3.21. The number of hydrogen-bond acceptors (Lipinski definition) is 4. The maximum atomic E-state index is 13.2. The van der Waals surface area contributed by atoms with Crippen molar-refractivity contribution in [1.29, 1.82) is 0 Å². The highest BCUT2D eigenvalue weighted by molar-refractivity contribution is 7.91. The van der Waals surface area contributed by atoms with Crippen molar-refractivity contribution in [1.82, 2.24) is 4.31 Å². The molecule has 5 nitrogen and oxygen atoms in total.